The van der Waals surface area contributed by atoms with Gasteiger partial charge >= 0.3 is 0 Å². The van der Waals surface area contributed by atoms with Gasteiger partial charge in [-0.3, -0.25) is 9.59 Å². The molecule has 1 aromatic heterocycles. The van der Waals surface area contributed by atoms with Gasteiger partial charge in [-0.15, -0.1) is 11.3 Å². The largest absolute Gasteiger partial charge is 0.494 e. The summed E-state index contributed by atoms with van der Waals surface area (Å²) in [6.07, 6.45) is 0.0651. The van der Waals surface area contributed by atoms with Crippen molar-refractivity contribution in [2.45, 2.75) is 19.4 Å². The molecule has 8 heteroatoms. The summed E-state index contributed by atoms with van der Waals surface area (Å²) in [5, 5.41) is 7.67. The number of thiazole rings is 1. The van der Waals surface area contributed by atoms with Crippen molar-refractivity contribution in [3.63, 3.8) is 0 Å². The van der Waals surface area contributed by atoms with Gasteiger partial charge in [-0.25, -0.2) is 9.37 Å². The van der Waals surface area contributed by atoms with Gasteiger partial charge in [0.15, 0.2) is 16.7 Å². The predicted octanol–water partition coefficient (Wildman–Crippen LogP) is 4.16. The quantitative estimate of drug-likeness (QED) is 0.609. The normalized spacial score (nSPS) is 11.6. The fourth-order valence-electron chi connectivity index (χ4n) is 2.83. The molecule has 0 fully saturated rings. The minimum atomic E-state index is -0.482. The minimum Gasteiger partial charge on any atom is -0.494 e. The number of carbonyl (C=O) groups excluding carboxylic acids is 2. The third-order valence-electron chi connectivity index (χ3n) is 4.17. The van der Waals surface area contributed by atoms with Crippen molar-refractivity contribution in [2.75, 3.05) is 12.4 Å². The zero-order valence-electron chi connectivity index (χ0n) is 15.9. The third kappa shape index (κ3) is 5.39. The standard InChI is InChI=1S/C21H20FN3O3S/c1-13(26)23-17(14-6-4-3-5-7-14)11-20(27)25-21-24-18(12-29-21)15-8-9-19(28-2)16(22)10-15/h3-10,12,17H,11H2,1-2H3,(H,23,26)(H,24,25,27)/t17-/m0/s1. The molecule has 0 saturated carbocycles. The second-order valence-electron chi connectivity index (χ2n) is 6.30. The molecule has 0 spiro atoms. The smallest absolute Gasteiger partial charge is 0.228 e. The highest BCUT2D eigenvalue weighted by atomic mass is 32.1. The van der Waals surface area contributed by atoms with Gasteiger partial charge in [-0.1, -0.05) is 30.3 Å². The SMILES string of the molecule is COc1ccc(-c2csc(NC(=O)C[C@H](NC(C)=O)c3ccccc3)n2)cc1F. The van der Waals surface area contributed by atoms with Crippen LogP contribution in [0.1, 0.15) is 24.9 Å². The number of methoxy groups -OCH3 is 1. The first kappa shape index (κ1) is 20.5. The number of rotatable bonds is 7. The van der Waals surface area contributed by atoms with Gasteiger partial charge in [-0.2, -0.15) is 0 Å². The second-order valence-corrected chi connectivity index (χ2v) is 7.16. The number of anilines is 1. The van der Waals surface area contributed by atoms with E-state index in [0.717, 1.165) is 5.56 Å². The molecule has 29 heavy (non-hydrogen) atoms. The van der Waals surface area contributed by atoms with Crippen LogP contribution in [0.25, 0.3) is 11.3 Å². The maximum absolute atomic E-state index is 13.9. The summed E-state index contributed by atoms with van der Waals surface area (Å²) in [6, 6.07) is 13.4. The Morgan fingerprint density at radius 3 is 2.62 bits per heavy atom. The Morgan fingerprint density at radius 1 is 1.21 bits per heavy atom. The van der Waals surface area contributed by atoms with E-state index in [9.17, 15) is 14.0 Å². The zero-order valence-corrected chi connectivity index (χ0v) is 16.8. The summed E-state index contributed by atoms with van der Waals surface area (Å²) in [5.41, 5.74) is 1.97. The lowest BCUT2D eigenvalue weighted by Crippen LogP contribution is -2.29. The lowest BCUT2D eigenvalue weighted by molar-refractivity contribution is -0.120. The molecular weight excluding hydrogens is 393 g/mol. The summed E-state index contributed by atoms with van der Waals surface area (Å²) in [7, 11) is 1.40. The van der Waals surface area contributed by atoms with E-state index in [2.05, 4.69) is 15.6 Å². The van der Waals surface area contributed by atoms with E-state index >= 15 is 0 Å². The predicted molar refractivity (Wildman–Crippen MR) is 110 cm³/mol. The minimum absolute atomic E-state index is 0.0651. The molecule has 6 nitrogen and oxygen atoms in total. The molecule has 0 aliphatic heterocycles. The van der Waals surface area contributed by atoms with Gasteiger partial charge in [0, 0.05) is 17.9 Å². The van der Waals surface area contributed by atoms with Crippen molar-refractivity contribution in [2.24, 2.45) is 0 Å². The molecule has 2 N–H and O–H groups in total. The molecule has 3 aromatic rings. The van der Waals surface area contributed by atoms with Crippen LogP contribution in [0.4, 0.5) is 9.52 Å². The van der Waals surface area contributed by atoms with Crippen molar-refractivity contribution in [3.05, 3.63) is 65.3 Å². The highest BCUT2D eigenvalue weighted by Crippen LogP contribution is 2.28. The van der Waals surface area contributed by atoms with Crippen LogP contribution in [0.15, 0.2) is 53.9 Å². The molecule has 2 amide bonds. The second kappa shape index (κ2) is 9.29. The Labute approximate surface area is 171 Å². The number of hydrogen-bond acceptors (Lipinski definition) is 5. The third-order valence-corrected chi connectivity index (χ3v) is 4.92. The number of nitrogens with zero attached hydrogens (tertiary/aromatic N) is 1. The van der Waals surface area contributed by atoms with Crippen molar-refractivity contribution in [3.8, 4) is 17.0 Å². The van der Waals surface area contributed by atoms with Gasteiger partial charge in [0.25, 0.3) is 0 Å². The van der Waals surface area contributed by atoms with Crippen LogP contribution in [0.5, 0.6) is 5.75 Å². The highest BCUT2D eigenvalue weighted by molar-refractivity contribution is 7.14. The maximum Gasteiger partial charge on any atom is 0.228 e. The van der Waals surface area contributed by atoms with E-state index < -0.39 is 11.9 Å². The topological polar surface area (TPSA) is 80.3 Å². The number of aromatic nitrogens is 1. The van der Waals surface area contributed by atoms with Crippen LogP contribution >= 0.6 is 11.3 Å². The lowest BCUT2D eigenvalue weighted by Gasteiger charge is -2.17. The summed E-state index contributed by atoms with van der Waals surface area (Å²) >= 11 is 1.24. The van der Waals surface area contributed by atoms with E-state index in [1.807, 2.05) is 30.3 Å². The number of halogens is 1. The van der Waals surface area contributed by atoms with Crippen molar-refractivity contribution < 1.29 is 18.7 Å². The number of amides is 2. The van der Waals surface area contributed by atoms with E-state index in [1.165, 1.54) is 37.5 Å². The van der Waals surface area contributed by atoms with Gasteiger partial charge in [-0.05, 0) is 23.8 Å². The Balaban J connectivity index is 1.69. The summed E-state index contributed by atoms with van der Waals surface area (Å²) in [5.74, 6) is -0.828. The molecule has 1 atom stereocenters. The van der Waals surface area contributed by atoms with Crippen LogP contribution < -0.4 is 15.4 Å². The molecular formula is C21H20FN3O3S. The molecule has 0 unspecified atom stereocenters. The lowest BCUT2D eigenvalue weighted by atomic mass is 10.0. The molecule has 0 radical (unpaired) electrons. The maximum atomic E-state index is 13.9. The van der Waals surface area contributed by atoms with Gasteiger partial charge in [0.2, 0.25) is 11.8 Å². The first-order valence-corrected chi connectivity index (χ1v) is 9.75. The summed E-state index contributed by atoms with van der Waals surface area (Å²) in [6.45, 7) is 1.41. The molecule has 0 aliphatic rings. The number of ether oxygens (including phenoxy) is 1. The fourth-order valence-corrected chi connectivity index (χ4v) is 3.56. The monoisotopic (exact) mass is 413 g/mol. The number of hydrogen-bond donors (Lipinski definition) is 2. The molecule has 1 heterocycles. The first-order valence-electron chi connectivity index (χ1n) is 8.87. The Hall–Kier alpha value is -3.26. The summed E-state index contributed by atoms with van der Waals surface area (Å²) in [4.78, 5) is 28.3. The van der Waals surface area contributed by atoms with E-state index in [4.69, 9.17) is 4.74 Å². The molecule has 2 aromatic carbocycles. The average Bonchev–Trinajstić information content (AvgIpc) is 3.16. The van der Waals surface area contributed by atoms with Crippen LogP contribution in [-0.4, -0.2) is 23.9 Å². The van der Waals surface area contributed by atoms with Crippen molar-refractivity contribution >= 4 is 28.3 Å². The molecule has 0 aliphatic carbocycles. The van der Waals surface area contributed by atoms with Crippen LogP contribution in [0.2, 0.25) is 0 Å². The average molecular weight is 413 g/mol. The molecule has 0 saturated heterocycles. The van der Waals surface area contributed by atoms with Crippen molar-refractivity contribution in [1.82, 2.24) is 10.3 Å². The Morgan fingerprint density at radius 2 is 1.97 bits per heavy atom. The Kier molecular flexibility index (Phi) is 6.56. The highest BCUT2D eigenvalue weighted by Gasteiger charge is 2.18. The van der Waals surface area contributed by atoms with Gasteiger partial charge in [0.1, 0.15) is 0 Å². The van der Waals surface area contributed by atoms with Crippen molar-refractivity contribution in [1.29, 1.82) is 0 Å². The van der Waals surface area contributed by atoms with E-state index in [-0.39, 0.29) is 24.0 Å². The number of benzene rings is 2. The molecule has 150 valence electrons. The van der Waals surface area contributed by atoms with Crippen LogP contribution in [0.3, 0.4) is 0 Å². The summed E-state index contributed by atoms with van der Waals surface area (Å²) < 4.78 is 18.8. The Bertz CT molecular complexity index is 1010. The molecule has 3 rings (SSSR count). The van der Waals surface area contributed by atoms with Gasteiger partial charge < -0.3 is 15.4 Å². The fraction of sp³-hybridized carbons (Fsp3) is 0.190. The zero-order chi connectivity index (χ0) is 20.8. The van der Waals surface area contributed by atoms with E-state index in [1.54, 1.807) is 11.4 Å². The van der Waals surface area contributed by atoms with Crippen LogP contribution in [-0.2, 0) is 9.59 Å². The number of carbonyl (C=O) groups is 2. The van der Waals surface area contributed by atoms with Gasteiger partial charge in [0.05, 0.1) is 25.3 Å². The first-order chi connectivity index (χ1) is 14.0. The van der Waals surface area contributed by atoms with E-state index in [0.29, 0.717) is 16.4 Å². The molecule has 0 bridgehead atoms. The number of nitrogens with one attached hydrogen (secondary N) is 2. The van der Waals surface area contributed by atoms with Crippen LogP contribution in [0, 0.1) is 5.82 Å².